The molecule has 0 spiro atoms. The van der Waals surface area contributed by atoms with E-state index in [9.17, 15) is 8.42 Å². The second kappa shape index (κ2) is 11.4. The van der Waals surface area contributed by atoms with Crippen molar-refractivity contribution in [2.24, 2.45) is 0 Å². The van der Waals surface area contributed by atoms with Crippen molar-refractivity contribution >= 4 is 38.5 Å². The number of benzene rings is 1. The van der Waals surface area contributed by atoms with E-state index >= 15 is 0 Å². The third-order valence-electron chi connectivity index (χ3n) is 7.45. The predicted octanol–water partition coefficient (Wildman–Crippen LogP) is 3.41. The van der Waals surface area contributed by atoms with Crippen LogP contribution in [0.4, 0.5) is 17.5 Å². The summed E-state index contributed by atoms with van der Waals surface area (Å²) >= 11 is 0. The van der Waals surface area contributed by atoms with Gasteiger partial charge < -0.3 is 25.1 Å². The highest BCUT2D eigenvalue weighted by Gasteiger charge is 2.32. The minimum absolute atomic E-state index is 0.213. The molecule has 2 aromatic heterocycles. The summed E-state index contributed by atoms with van der Waals surface area (Å²) < 4.78 is 39.6. The lowest BCUT2D eigenvalue weighted by molar-refractivity contribution is 0.00610. The van der Waals surface area contributed by atoms with Crippen LogP contribution in [0.3, 0.4) is 0 Å². The van der Waals surface area contributed by atoms with Crippen molar-refractivity contribution in [3.63, 3.8) is 0 Å². The molecule has 3 aromatic rings. The van der Waals surface area contributed by atoms with E-state index in [1.54, 1.807) is 22.5 Å². The van der Waals surface area contributed by atoms with E-state index < -0.39 is 10.0 Å². The van der Waals surface area contributed by atoms with Crippen LogP contribution in [0.5, 0.6) is 5.75 Å². The van der Waals surface area contributed by atoms with Gasteiger partial charge in [-0.1, -0.05) is 6.92 Å². The maximum Gasteiger partial charge on any atom is 0.243 e. The monoisotopic (exact) mass is 543 g/mol. The number of rotatable bonds is 9. The first-order valence-corrected chi connectivity index (χ1v) is 14.7. The molecule has 12 heteroatoms. The number of nitrogens with zero attached hydrogens (tertiary/aromatic N) is 4. The lowest BCUT2D eigenvalue weighted by Crippen LogP contribution is -2.50. The highest BCUT2D eigenvalue weighted by atomic mass is 32.2. The molecule has 0 radical (unpaired) electrons. The number of aromatic amines is 1. The van der Waals surface area contributed by atoms with Gasteiger partial charge in [-0.25, -0.2) is 8.42 Å². The van der Waals surface area contributed by atoms with Crippen LogP contribution in [0.15, 0.2) is 35.4 Å². The maximum atomic E-state index is 13.5. The fraction of sp³-hybridized carbons (Fsp3) is 0.538. The molecule has 11 nitrogen and oxygen atoms in total. The molecule has 0 amide bonds. The predicted molar refractivity (Wildman–Crippen MR) is 148 cm³/mol. The lowest BCUT2D eigenvalue weighted by Gasteiger charge is -2.39. The molecule has 206 valence electrons. The molecule has 0 aliphatic carbocycles. The van der Waals surface area contributed by atoms with Gasteiger partial charge in [0.1, 0.15) is 17.2 Å². The number of H-pyrrole nitrogens is 1. The average Bonchev–Trinajstić information content (AvgIpc) is 3.43. The first kappa shape index (κ1) is 26.7. The zero-order chi connectivity index (χ0) is 26.7. The number of fused-ring (bicyclic) bond motifs is 1. The summed E-state index contributed by atoms with van der Waals surface area (Å²) in [6.45, 7) is 8.54. The summed E-state index contributed by atoms with van der Waals surface area (Å²) in [7, 11) is -2.12. The molecule has 0 unspecified atom stereocenters. The van der Waals surface area contributed by atoms with Gasteiger partial charge in [0.15, 0.2) is 0 Å². The molecule has 2 aliphatic rings. The SMILES string of the molecule is CC[C@H](C)Nc1nc(Nc2ccc(S(=O)(=O)N3CCC(N4CCOCC4)CC3)cc2OC)nc2[nH]ccc12. The van der Waals surface area contributed by atoms with E-state index in [0.29, 0.717) is 42.2 Å². The number of piperidine rings is 1. The fourth-order valence-electron chi connectivity index (χ4n) is 5.04. The topological polar surface area (TPSA) is 125 Å². The molecule has 2 fully saturated rings. The minimum Gasteiger partial charge on any atom is -0.495 e. The van der Waals surface area contributed by atoms with Crippen LogP contribution >= 0.6 is 0 Å². The molecule has 1 atom stereocenters. The molecule has 2 saturated heterocycles. The zero-order valence-electron chi connectivity index (χ0n) is 22.2. The molecule has 38 heavy (non-hydrogen) atoms. The normalized spacial score (nSPS) is 18.9. The van der Waals surface area contributed by atoms with Crippen LogP contribution in [0.1, 0.15) is 33.1 Å². The summed E-state index contributed by atoms with van der Waals surface area (Å²) in [6, 6.07) is 7.47. The summed E-state index contributed by atoms with van der Waals surface area (Å²) in [6.07, 6.45) is 4.42. The zero-order valence-corrected chi connectivity index (χ0v) is 23.1. The summed E-state index contributed by atoms with van der Waals surface area (Å²) in [5, 5.41) is 7.54. The highest BCUT2D eigenvalue weighted by molar-refractivity contribution is 7.89. The molecule has 2 aliphatic heterocycles. The van der Waals surface area contributed by atoms with Crippen molar-refractivity contribution in [3.05, 3.63) is 30.5 Å². The van der Waals surface area contributed by atoms with Gasteiger partial charge in [-0.3, -0.25) is 4.90 Å². The third kappa shape index (κ3) is 5.58. The van der Waals surface area contributed by atoms with E-state index in [1.165, 1.54) is 7.11 Å². The Hall–Kier alpha value is -2.93. The summed E-state index contributed by atoms with van der Waals surface area (Å²) in [5.41, 5.74) is 1.28. The molecule has 0 bridgehead atoms. The Morgan fingerprint density at radius 1 is 1.16 bits per heavy atom. The molecule has 3 N–H and O–H groups in total. The Morgan fingerprint density at radius 3 is 2.63 bits per heavy atom. The number of aromatic nitrogens is 3. The number of ether oxygens (including phenoxy) is 2. The Kier molecular flexibility index (Phi) is 8.03. The van der Waals surface area contributed by atoms with E-state index in [4.69, 9.17) is 9.47 Å². The Balaban J connectivity index is 1.32. The van der Waals surface area contributed by atoms with Crippen molar-refractivity contribution in [3.8, 4) is 5.75 Å². The molecule has 4 heterocycles. The Labute approximate surface area is 224 Å². The number of morpholine rings is 1. The van der Waals surface area contributed by atoms with Crippen LogP contribution in [0.25, 0.3) is 11.0 Å². The highest BCUT2D eigenvalue weighted by Crippen LogP contribution is 2.33. The number of sulfonamides is 1. The van der Waals surface area contributed by atoms with E-state index in [2.05, 4.69) is 44.3 Å². The van der Waals surface area contributed by atoms with Crippen LogP contribution in [-0.4, -0.2) is 91.2 Å². The number of nitrogens with one attached hydrogen (secondary N) is 3. The van der Waals surface area contributed by atoms with Crippen LogP contribution in [0, 0.1) is 0 Å². The molecule has 1 aromatic carbocycles. The van der Waals surface area contributed by atoms with Gasteiger partial charge in [0.2, 0.25) is 16.0 Å². The summed E-state index contributed by atoms with van der Waals surface area (Å²) in [5.74, 6) is 1.51. The second-order valence-electron chi connectivity index (χ2n) is 9.86. The molecular formula is C26H37N7O4S. The van der Waals surface area contributed by atoms with Gasteiger partial charge in [0.25, 0.3) is 0 Å². The number of hydrogen-bond acceptors (Lipinski definition) is 9. The first-order valence-electron chi connectivity index (χ1n) is 13.3. The van der Waals surface area contributed by atoms with Gasteiger partial charge in [-0.15, -0.1) is 0 Å². The van der Waals surface area contributed by atoms with Crippen LogP contribution in [0.2, 0.25) is 0 Å². The van der Waals surface area contributed by atoms with Crippen molar-refractivity contribution < 1.29 is 17.9 Å². The van der Waals surface area contributed by atoms with E-state index in [1.807, 2.05) is 12.3 Å². The van der Waals surface area contributed by atoms with Gasteiger partial charge >= 0.3 is 0 Å². The van der Waals surface area contributed by atoms with E-state index in [-0.39, 0.29) is 10.9 Å². The van der Waals surface area contributed by atoms with Gasteiger partial charge in [-0.05, 0) is 44.4 Å². The van der Waals surface area contributed by atoms with Crippen molar-refractivity contribution in [1.29, 1.82) is 0 Å². The lowest BCUT2D eigenvalue weighted by atomic mass is 10.0. The fourth-order valence-corrected chi connectivity index (χ4v) is 6.52. The number of hydrogen-bond donors (Lipinski definition) is 3. The third-order valence-corrected chi connectivity index (χ3v) is 9.35. The Morgan fingerprint density at radius 2 is 1.92 bits per heavy atom. The van der Waals surface area contributed by atoms with Gasteiger partial charge in [0, 0.05) is 50.5 Å². The van der Waals surface area contributed by atoms with E-state index in [0.717, 1.165) is 56.8 Å². The van der Waals surface area contributed by atoms with Gasteiger partial charge in [0.05, 0.1) is 36.3 Å². The van der Waals surface area contributed by atoms with Crippen LogP contribution < -0.4 is 15.4 Å². The largest absolute Gasteiger partial charge is 0.495 e. The van der Waals surface area contributed by atoms with Crippen molar-refractivity contribution in [2.45, 2.75) is 50.1 Å². The number of anilines is 3. The summed E-state index contributed by atoms with van der Waals surface area (Å²) in [4.78, 5) is 15.0. The second-order valence-corrected chi connectivity index (χ2v) is 11.8. The quantitative estimate of drug-likeness (QED) is 0.372. The number of methoxy groups -OCH3 is 1. The Bertz CT molecular complexity index is 1350. The average molecular weight is 544 g/mol. The molecular weight excluding hydrogens is 506 g/mol. The van der Waals surface area contributed by atoms with Gasteiger partial charge in [-0.2, -0.15) is 14.3 Å². The molecule has 5 rings (SSSR count). The smallest absolute Gasteiger partial charge is 0.243 e. The maximum absolute atomic E-state index is 13.5. The minimum atomic E-state index is -3.65. The van der Waals surface area contributed by atoms with Crippen LogP contribution in [-0.2, 0) is 14.8 Å². The standard InChI is InChI=1S/C26H37N7O4S/c1-4-18(2)28-25-21-7-10-27-24(21)30-26(31-25)29-22-6-5-20(17-23(22)36-3)38(34,35)33-11-8-19(9-12-33)32-13-15-37-16-14-32/h5-7,10,17-19H,4,8-9,11-16H2,1-3H3,(H3,27,28,29,30,31)/t18-/m0/s1. The molecule has 0 saturated carbocycles. The first-order chi connectivity index (χ1) is 18.4. The van der Waals surface area contributed by atoms with Crippen molar-refractivity contribution in [2.75, 3.05) is 57.1 Å². The van der Waals surface area contributed by atoms with Crippen molar-refractivity contribution in [1.82, 2.24) is 24.2 Å².